The largest absolute Gasteiger partial charge is 0.496 e. The summed E-state index contributed by atoms with van der Waals surface area (Å²) in [5.74, 6) is -2.68. The highest BCUT2D eigenvalue weighted by Crippen LogP contribution is 2.41. The monoisotopic (exact) mass is 557 g/mol. The van der Waals surface area contributed by atoms with E-state index in [2.05, 4.69) is 19.9 Å². The quantitative estimate of drug-likeness (QED) is 0.256. The fourth-order valence-electron chi connectivity index (χ4n) is 4.92. The number of carbonyl (C=O) groups excluding carboxylic acids is 2. The standard InChI is InChI=1S/C26H26ClF2N7O3/c1-13-8-32-18(14(2)21(13)39-3)10-36-23-20(22(27)33-25(30)34-23)17(24(36)38)7-16-6-15(9-31-16)19(37)11-35-5-4-26(28,29)12-35/h6-9,31H,4-5,10-12H2,1-3H3,(H2,30,33,34). The lowest BCUT2D eigenvalue weighted by Gasteiger charge is -2.19. The van der Waals surface area contributed by atoms with E-state index in [1.165, 1.54) is 16.0 Å². The number of methoxy groups -OCH3 is 1. The molecule has 3 aromatic rings. The van der Waals surface area contributed by atoms with Crippen LogP contribution in [-0.4, -0.2) is 69.2 Å². The molecule has 0 aromatic carbocycles. The van der Waals surface area contributed by atoms with Crippen molar-refractivity contribution in [2.45, 2.75) is 32.7 Å². The second-order valence-corrected chi connectivity index (χ2v) is 10.0. The number of Topliss-reactive ketones (excluding diaryl/α,β-unsaturated/α-hetero) is 1. The summed E-state index contributed by atoms with van der Waals surface area (Å²) in [6.07, 6.45) is 4.43. The number of halogens is 3. The van der Waals surface area contributed by atoms with Crippen LogP contribution in [0, 0.1) is 13.8 Å². The first-order valence-electron chi connectivity index (χ1n) is 12.1. The van der Waals surface area contributed by atoms with Crippen LogP contribution >= 0.6 is 11.6 Å². The molecule has 3 aromatic heterocycles. The minimum absolute atomic E-state index is 0.00332. The van der Waals surface area contributed by atoms with Gasteiger partial charge in [0.15, 0.2) is 11.6 Å². The number of ether oxygens (including phenoxy) is 1. The molecule has 0 atom stereocenters. The zero-order valence-corrected chi connectivity index (χ0v) is 22.3. The molecule has 2 aliphatic rings. The Kier molecular flexibility index (Phi) is 6.85. The first kappa shape index (κ1) is 26.7. The van der Waals surface area contributed by atoms with E-state index in [0.29, 0.717) is 28.3 Å². The summed E-state index contributed by atoms with van der Waals surface area (Å²) in [6.45, 7) is 3.41. The van der Waals surface area contributed by atoms with Crippen LogP contribution in [0.1, 0.15) is 44.9 Å². The fraction of sp³-hybridized carbons (Fsp3) is 0.346. The summed E-state index contributed by atoms with van der Waals surface area (Å²) < 4.78 is 32.5. The van der Waals surface area contributed by atoms with Crippen molar-refractivity contribution in [2.24, 2.45) is 0 Å². The van der Waals surface area contributed by atoms with Crippen LogP contribution in [0.4, 0.5) is 20.5 Å². The maximum Gasteiger partial charge on any atom is 0.261 e. The number of nitrogens with one attached hydrogen (secondary N) is 1. The molecule has 0 aliphatic carbocycles. The first-order chi connectivity index (χ1) is 18.5. The number of nitrogen functional groups attached to an aromatic ring is 1. The van der Waals surface area contributed by atoms with Gasteiger partial charge in [-0.05, 0) is 26.0 Å². The average molecular weight is 558 g/mol. The molecule has 0 unspecified atom stereocenters. The molecule has 2 aliphatic heterocycles. The Bertz CT molecular complexity index is 1520. The molecule has 39 heavy (non-hydrogen) atoms. The summed E-state index contributed by atoms with van der Waals surface area (Å²) in [7, 11) is 1.57. The third-order valence-electron chi connectivity index (χ3n) is 6.86. The maximum atomic E-state index is 13.7. The minimum Gasteiger partial charge on any atom is -0.496 e. The molecular formula is C26H26ClF2N7O3. The molecule has 0 radical (unpaired) electrons. The number of carbonyl (C=O) groups is 2. The Balaban J connectivity index is 1.45. The van der Waals surface area contributed by atoms with Crippen LogP contribution in [0.5, 0.6) is 5.75 Å². The molecule has 0 spiro atoms. The van der Waals surface area contributed by atoms with Gasteiger partial charge in [-0.25, -0.2) is 13.8 Å². The smallest absolute Gasteiger partial charge is 0.261 e. The van der Waals surface area contributed by atoms with Crippen LogP contribution < -0.4 is 15.4 Å². The van der Waals surface area contributed by atoms with Gasteiger partial charge in [-0.1, -0.05) is 11.6 Å². The van der Waals surface area contributed by atoms with Crippen molar-refractivity contribution < 1.29 is 23.1 Å². The second kappa shape index (κ2) is 10.0. The Morgan fingerprint density at radius 2 is 2.10 bits per heavy atom. The molecule has 10 nitrogen and oxygen atoms in total. The summed E-state index contributed by atoms with van der Waals surface area (Å²) in [4.78, 5) is 45.0. The van der Waals surface area contributed by atoms with E-state index in [1.807, 2.05) is 13.8 Å². The zero-order chi connectivity index (χ0) is 28.1. The molecule has 5 rings (SSSR count). The number of nitrogens with two attached hydrogens (primary N) is 1. The number of hydrogen-bond donors (Lipinski definition) is 2. The van der Waals surface area contributed by atoms with E-state index >= 15 is 0 Å². The highest BCUT2D eigenvalue weighted by atomic mass is 35.5. The van der Waals surface area contributed by atoms with E-state index in [-0.39, 0.29) is 54.3 Å². The molecule has 1 fully saturated rings. The van der Waals surface area contributed by atoms with Gasteiger partial charge >= 0.3 is 0 Å². The lowest BCUT2D eigenvalue weighted by atomic mass is 10.1. The predicted octanol–water partition coefficient (Wildman–Crippen LogP) is 3.67. The second-order valence-electron chi connectivity index (χ2n) is 9.65. The SMILES string of the molecule is COc1c(C)cnc(CN2C(=O)C(=Cc3cc(C(=O)CN4CCC(F)(F)C4)c[nH]3)c3c(Cl)nc(N)nc32)c1C. The molecule has 3 N–H and O–H groups in total. The van der Waals surface area contributed by atoms with E-state index in [9.17, 15) is 18.4 Å². The van der Waals surface area contributed by atoms with E-state index < -0.39 is 18.4 Å². The van der Waals surface area contributed by atoms with E-state index in [1.54, 1.807) is 25.4 Å². The van der Waals surface area contributed by atoms with Crippen molar-refractivity contribution in [3.05, 3.63) is 57.3 Å². The van der Waals surface area contributed by atoms with Crippen molar-refractivity contribution in [3.63, 3.8) is 0 Å². The topological polar surface area (TPSA) is 130 Å². The average Bonchev–Trinajstić information content (AvgIpc) is 3.54. The molecule has 0 bridgehead atoms. The molecular weight excluding hydrogens is 532 g/mol. The van der Waals surface area contributed by atoms with Gasteiger partial charge in [-0.15, -0.1) is 0 Å². The number of pyridine rings is 1. The van der Waals surface area contributed by atoms with Gasteiger partial charge in [0.25, 0.3) is 11.8 Å². The first-order valence-corrected chi connectivity index (χ1v) is 12.5. The van der Waals surface area contributed by atoms with Crippen molar-refractivity contribution in [3.8, 4) is 5.75 Å². The van der Waals surface area contributed by atoms with E-state index in [4.69, 9.17) is 22.1 Å². The van der Waals surface area contributed by atoms with Gasteiger partial charge in [-0.2, -0.15) is 4.98 Å². The number of fused-ring (bicyclic) bond motifs is 1. The van der Waals surface area contributed by atoms with E-state index in [0.717, 1.165) is 11.1 Å². The predicted molar refractivity (Wildman–Crippen MR) is 142 cm³/mol. The summed E-state index contributed by atoms with van der Waals surface area (Å²) in [6, 6.07) is 1.56. The molecule has 1 saturated heterocycles. The van der Waals surface area contributed by atoms with Gasteiger partial charge in [0, 0.05) is 47.7 Å². The third-order valence-corrected chi connectivity index (χ3v) is 7.14. The minimum atomic E-state index is -2.78. The highest BCUT2D eigenvalue weighted by Gasteiger charge is 2.39. The number of H-pyrrole nitrogens is 1. The number of ketones is 1. The van der Waals surface area contributed by atoms with Gasteiger partial charge in [0.1, 0.15) is 10.9 Å². The number of anilines is 2. The fourth-order valence-corrected chi connectivity index (χ4v) is 5.20. The summed E-state index contributed by atoms with van der Waals surface area (Å²) in [5.41, 5.74) is 9.35. The van der Waals surface area contributed by atoms with Crippen molar-refractivity contribution in [1.82, 2.24) is 24.8 Å². The number of nitrogens with zero attached hydrogens (tertiary/aromatic N) is 5. The van der Waals surface area contributed by atoms with Gasteiger partial charge in [0.05, 0.1) is 43.6 Å². The van der Waals surface area contributed by atoms with Gasteiger partial charge in [0.2, 0.25) is 5.95 Å². The number of amides is 1. The highest BCUT2D eigenvalue weighted by molar-refractivity contribution is 6.41. The molecule has 1 amide bonds. The van der Waals surface area contributed by atoms with Crippen molar-refractivity contribution >= 4 is 46.7 Å². The number of rotatable bonds is 7. The number of hydrogen-bond acceptors (Lipinski definition) is 8. The Morgan fingerprint density at radius 1 is 1.33 bits per heavy atom. The van der Waals surface area contributed by atoms with Crippen LogP contribution in [0.25, 0.3) is 11.6 Å². The zero-order valence-electron chi connectivity index (χ0n) is 21.5. The summed E-state index contributed by atoms with van der Waals surface area (Å²) >= 11 is 6.43. The Morgan fingerprint density at radius 3 is 2.79 bits per heavy atom. The normalized spacial score (nSPS) is 17.7. The van der Waals surface area contributed by atoms with Crippen LogP contribution in [-0.2, 0) is 11.3 Å². The molecule has 13 heteroatoms. The number of likely N-dealkylation sites (tertiary alicyclic amines) is 1. The number of aryl methyl sites for hydroxylation is 1. The van der Waals surface area contributed by atoms with Crippen LogP contribution in [0.15, 0.2) is 18.5 Å². The van der Waals surface area contributed by atoms with Crippen molar-refractivity contribution in [2.75, 3.05) is 37.4 Å². The number of aromatic nitrogens is 4. The lowest BCUT2D eigenvalue weighted by molar-refractivity contribution is -0.113. The Hall–Kier alpha value is -3.90. The Labute approximate surface area is 227 Å². The van der Waals surface area contributed by atoms with Crippen molar-refractivity contribution in [1.29, 1.82) is 0 Å². The number of alkyl halides is 2. The maximum absolute atomic E-state index is 13.7. The molecule has 0 saturated carbocycles. The third kappa shape index (κ3) is 5.09. The van der Waals surface area contributed by atoms with Gasteiger partial charge in [-0.3, -0.25) is 24.4 Å². The van der Waals surface area contributed by atoms with Gasteiger partial charge < -0.3 is 15.5 Å². The number of aromatic amines is 1. The molecule has 204 valence electrons. The summed E-state index contributed by atoms with van der Waals surface area (Å²) in [5, 5.41) is 0.00332. The lowest BCUT2D eigenvalue weighted by Crippen LogP contribution is -2.30. The van der Waals surface area contributed by atoms with Crippen LogP contribution in [0.2, 0.25) is 5.15 Å². The molecule has 5 heterocycles. The van der Waals surface area contributed by atoms with Crippen LogP contribution in [0.3, 0.4) is 0 Å².